The summed E-state index contributed by atoms with van der Waals surface area (Å²) in [7, 11) is -3.55. The van der Waals surface area contributed by atoms with E-state index in [4.69, 9.17) is 4.74 Å². The second-order valence-corrected chi connectivity index (χ2v) is 11.3. The summed E-state index contributed by atoms with van der Waals surface area (Å²) in [5.41, 5.74) is 0.479. The van der Waals surface area contributed by atoms with Crippen molar-refractivity contribution in [1.29, 1.82) is 0 Å². The molecule has 3 saturated heterocycles. The van der Waals surface area contributed by atoms with E-state index in [2.05, 4.69) is 4.90 Å². The highest BCUT2D eigenvalue weighted by atomic mass is 32.2. The van der Waals surface area contributed by atoms with E-state index in [1.54, 1.807) is 28.6 Å². The number of likely N-dealkylation sites (tertiary alicyclic amines) is 1. The minimum absolute atomic E-state index is 0.0513. The molecule has 0 atom stereocenters. The van der Waals surface area contributed by atoms with Crippen LogP contribution < -0.4 is 0 Å². The maximum Gasteiger partial charge on any atom is 0.253 e. The van der Waals surface area contributed by atoms with Crippen LogP contribution in [-0.2, 0) is 14.8 Å². The van der Waals surface area contributed by atoms with Crippen LogP contribution in [0.25, 0.3) is 0 Å². The number of hydrogen-bond donors (Lipinski definition) is 0. The standard InChI is InChI=1S/C24H37N3O4S/c28-24(26-14-9-21(10-15-26)8-13-25-16-18-31-19-17-25)22-6-5-7-23(20-22)32(29,30)27-11-3-1-2-4-12-27/h5-7,20-21H,1-4,8-19H2. The van der Waals surface area contributed by atoms with Gasteiger partial charge in [0, 0.05) is 44.8 Å². The van der Waals surface area contributed by atoms with Gasteiger partial charge in [-0.2, -0.15) is 4.31 Å². The highest BCUT2D eigenvalue weighted by Crippen LogP contribution is 2.25. The van der Waals surface area contributed by atoms with Crippen LogP contribution in [-0.4, -0.2) is 87.5 Å². The fourth-order valence-electron chi connectivity index (χ4n) is 5.02. The van der Waals surface area contributed by atoms with Gasteiger partial charge in [0.05, 0.1) is 18.1 Å². The first kappa shape index (κ1) is 23.7. The van der Waals surface area contributed by atoms with Crippen molar-refractivity contribution in [3.8, 4) is 0 Å². The van der Waals surface area contributed by atoms with Crippen molar-refractivity contribution in [3.63, 3.8) is 0 Å². The van der Waals surface area contributed by atoms with E-state index in [0.29, 0.717) is 24.6 Å². The molecule has 3 fully saturated rings. The van der Waals surface area contributed by atoms with Crippen LogP contribution in [0.3, 0.4) is 0 Å². The number of morpholine rings is 1. The van der Waals surface area contributed by atoms with Gasteiger partial charge in [0.15, 0.2) is 0 Å². The minimum Gasteiger partial charge on any atom is -0.379 e. The maximum absolute atomic E-state index is 13.1. The highest BCUT2D eigenvalue weighted by Gasteiger charge is 2.28. The highest BCUT2D eigenvalue weighted by molar-refractivity contribution is 7.89. The summed E-state index contributed by atoms with van der Waals surface area (Å²) in [5.74, 6) is 0.598. The molecule has 8 heteroatoms. The molecule has 0 aliphatic carbocycles. The number of rotatable bonds is 6. The molecule has 0 bridgehead atoms. The van der Waals surface area contributed by atoms with Crippen LogP contribution >= 0.6 is 0 Å². The number of benzene rings is 1. The number of sulfonamides is 1. The maximum atomic E-state index is 13.1. The lowest BCUT2D eigenvalue weighted by Crippen LogP contribution is -2.41. The second kappa shape index (κ2) is 11.1. The Morgan fingerprint density at radius 3 is 2.31 bits per heavy atom. The Morgan fingerprint density at radius 2 is 1.62 bits per heavy atom. The molecule has 3 aliphatic rings. The summed E-state index contributed by atoms with van der Waals surface area (Å²) in [6.07, 6.45) is 7.16. The quantitative estimate of drug-likeness (QED) is 0.649. The molecule has 0 aromatic heterocycles. The first-order chi connectivity index (χ1) is 15.5. The van der Waals surface area contributed by atoms with Gasteiger partial charge in [-0.05, 0) is 62.8 Å². The fraction of sp³-hybridized carbons (Fsp3) is 0.708. The molecule has 3 aliphatic heterocycles. The van der Waals surface area contributed by atoms with Gasteiger partial charge >= 0.3 is 0 Å². The predicted octanol–water partition coefficient (Wildman–Crippen LogP) is 2.83. The van der Waals surface area contributed by atoms with Crippen molar-refractivity contribution in [1.82, 2.24) is 14.1 Å². The third-order valence-electron chi connectivity index (χ3n) is 7.14. The van der Waals surface area contributed by atoms with Gasteiger partial charge < -0.3 is 9.64 Å². The molecule has 32 heavy (non-hydrogen) atoms. The average Bonchev–Trinajstić information content (AvgIpc) is 3.14. The summed E-state index contributed by atoms with van der Waals surface area (Å²) >= 11 is 0. The van der Waals surface area contributed by atoms with Gasteiger partial charge in [-0.15, -0.1) is 0 Å². The van der Waals surface area contributed by atoms with E-state index >= 15 is 0 Å². The lowest BCUT2D eigenvalue weighted by molar-refractivity contribution is 0.0332. The van der Waals surface area contributed by atoms with Crippen LogP contribution in [0.15, 0.2) is 29.2 Å². The zero-order chi connectivity index (χ0) is 22.4. The van der Waals surface area contributed by atoms with Crippen molar-refractivity contribution in [2.45, 2.75) is 49.8 Å². The summed E-state index contributed by atoms with van der Waals surface area (Å²) in [4.78, 5) is 17.7. The Morgan fingerprint density at radius 1 is 0.938 bits per heavy atom. The zero-order valence-electron chi connectivity index (χ0n) is 19.1. The van der Waals surface area contributed by atoms with E-state index in [1.807, 2.05) is 4.90 Å². The number of amides is 1. The Hall–Kier alpha value is -1.48. The molecule has 1 aromatic carbocycles. The molecule has 7 nitrogen and oxygen atoms in total. The Bertz CT molecular complexity index is 854. The van der Waals surface area contributed by atoms with Crippen LogP contribution in [0, 0.1) is 5.92 Å². The van der Waals surface area contributed by atoms with E-state index < -0.39 is 10.0 Å². The fourth-order valence-corrected chi connectivity index (χ4v) is 6.58. The molecule has 3 heterocycles. The smallest absolute Gasteiger partial charge is 0.253 e. The number of carbonyl (C=O) groups is 1. The van der Waals surface area contributed by atoms with Gasteiger partial charge in [0.1, 0.15) is 0 Å². The van der Waals surface area contributed by atoms with Crippen molar-refractivity contribution < 1.29 is 17.9 Å². The van der Waals surface area contributed by atoms with Crippen LogP contribution in [0.5, 0.6) is 0 Å². The van der Waals surface area contributed by atoms with Crippen LogP contribution in [0.2, 0.25) is 0 Å². The minimum atomic E-state index is -3.55. The molecule has 4 rings (SSSR count). The molecule has 1 amide bonds. The largest absolute Gasteiger partial charge is 0.379 e. The van der Waals surface area contributed by atoms with Gasteiger partial charge in [0.25, 0.3) is 5.91 Å². The molecule has 1 aromatic rings. The molecule has 0 unspecified atom stereocenters. The Balaban J connectivity index is 1.33. The molecule has 0 spiro atoms. The first-order valence-electron chi connectivity index (χ1n) is 12.2. The third-order valence-corrected chi connectivity index (χ3v) is 9.04. The van der Waals surface area contributed by atoms with Crippen molar-refractivity contribution >= 4 is 15.9 Å². The number of nitrogens with zero attached hydrogens (tertiary/aromatic N) is 3. The molecule has 0 saturated carbocycles. The summed E-state index contributed by atoms with van der Waals surface area (Å²) in [6.45, 7) is 7.45. The summed E-state index contributed by atoms with van der Waals surface area (Å²) in [5, 5.41) is 0. The zero-order valence-corrected chi connectivity index (χ0v) is 19.9. The van der Waals surface area contributed by atoms with Gasteiger partial charge in [0.2, 0.25) is 10.0 Å². The van der Waals surface area contributed by atoms with Crippen molar-refractivity contribution in [3.05, 3.63) is 29.8 Å². The SMILES string of the molecule is O=C(c1cccc(S(=O)(=O)N2CCCCCC2)c1)N1CCC(CCN2CCOCC2)CC1. The van der Waals surface area contributed by atoms with Crippen molar-refractivity contribution in [2.24, 2.45) is 5.92 Å². The second-order valence-electron chi connectivity index (χ2n) is 9.32. The normalized spacial score (nSPS) is 22.6. The molecule has 0 radical (unpaired) electrons. The third kappa shape index (κ3) is 5.90. The lowest BCUT2D eigenvalue weighted by atomic mass is 9.93. The van der Waals surface area contributed by atoms with Gasteiger partial charge in [-0.3, -0.25) is 9.69 Å². The number of piperidine rings is 1. The Labute approximate surface area is 192 Å². The average molecular weight is 464 g/mol. The Kier molecular flexibility index (Phi) is 8.21. The number of carbonyl (C=O) groups excluding carboxylic acids is 1. The molecular formula is C24H37N3O4S. The number of hydrogen-bond acceptors (Lipinski definition) is 5. The predicted molar refractivity (Wildman–Crippen MR) is 124 cm³/mol. The monoisotopic (exact) mass is 463 g/mol. The summed E-state index contributed by atoms with van der Waals surface area (Å²) in [6, 6.07) is 6.64. The van der Waals surface area contributed by atoms with E-state index in [9.17, 15) is 13.2 Å². The topological polar surface area (TPSA) is 70.2 Å². The lowest BCUT2D eigenvalue weighted by Gasteiger charge is -2.34. The van der Waals surface area contributed by atoms with E-state index in [1.165, 1.54) is 6.42 Å². The van der Waals surface area contributed by atoms with Crippen LogP contribution in [0.4, 0.5) is 0 Å². The molecule has 178 valence electrons. The summed E-state index contributed by atoms with van der Waals surface area (Å²) < 4.78 is 33.3. The first-order valence-corrected chi connectivity index (χ1v) is 13.7. The molecule has 0 N–H and O–H groups in total. The van der Waals surface area contributed by atoms with E-state index in [0.717, 1.165) is 84.5 Å². The number of ether oxygens (including phenoxy) is 1. The van der Waals surface area contributed by atoms with Crippen LogP contribution in [0.1, 0.15) is 55.3 Å². The van der Waals surface area contributed by atoms with E-state index in [-0.39, 0.29) is 10.8 Å². The van der Waals surface area contributed by atoms with Gasteiger partial charge in [-0.1, -0.05) is 18.9 Å². The molecular weight excluding hydrogens is 426 g/mol. The van der Waals surface area contributed by atoms with Gasteiger partial charge in [-0.25, -0.2) is 8.42 Å². The van der Waals surface area contributed by atoms with Crippen molar-refractivity contribution in [2.75, 3.05) is 59.0 Å².